The third-order valence-corrected chi connectivity index (χ3v) is 5.68. The largest absolute Gasteiger partial charge is 0.339 e. The number of anilines is 1. The summed E-state index contributed by atoms with van der Waals surface area (Å²) < 4.78 is 0. The minimum atomic E-state index is -1.02. The second kappa shape index (κ2) is 12.1. The molecule has 1 atom stereocenters. The van der Waals surface area contributed by atoms with Crippen molar-refractivity contribution in [1.29, 1.82) is 0 Å². The first-order chi connectivity index (χ1) is 16.0. The van der Waals surface area contributed by atoms with Crippen LogP contribution in [0.1, 0.15) is 36.0 Å². The van der Waals surface area contributed by atoms with E-state index in [0.717, 1.165) is 42.7 Å². The number of carbonyl (C=O) groups is 3. The lowest BCUT2D eigenvalue weighted by molar-refractivity contribution is -0.130. The van der Waals surface area contributed by atoms with Gasteiger partial charge in [-0.25, -0.2) is 5.48 Å². The molecule has 9 heteroatoms. The fourth-order valence-electron chi connectivity index (χ4n) is 3.81. The predicted octanol–water partition coefficient (Wildman–Crippen LogP) is 1.73. The van der Waals surface area contributed by atoms with Gasteiger partial charge >= 0.3 is 0 Å². The van der Waals surface area contributed by atoms with Gasteiger partial charge in [0.05, 0.1) is 6.54 Å². The van der Waals surface area contributed by atoms with Gasteiger partial charge in [0.25, 0.3) is 11.8 Å². The molecule has 1 heterocycles. The molecule has 0 radical (unpaired) electrons. The normalized spacial score (nSPS) is 15.2. The van der Waals surface area contributed by atoms with Crippen LogP contribution in [0.15, 0.2) is 48.5 Å². The van der Waals surface area contributed by atoms with Crippen molar-refractivity contribution in [1.82, 2.24) is 15.7 Å². The Bertz CT molecular complexity index is 938. The van der Waals surface area contributed by atoms with E-state index in [4.69, 9.17) is 10.9 Å². The molecule has 33 heavy (non-hydrogen) atoms. The molecule has 2 aromatic rings. The molecule has 176 valence electrons. The van der Waals surface area contributed by atoms with Crippen LogP contribution in [-0.2, 0) is 9.59 Å². The van der Waals surface area contributed by atoms with Crippen LogP contribution < -0.4 is 21.8 Å². The minimum absolute atomic E-state index is 0.00863. The predicted molar refractivity (Wildman–Crippen MR) is 126 cm³/mol. The monoisotopic (exact) mass is 453 g/mol. The Morgan fingerprint density at radius 3 is 2.03 bits per heavy atom. The molecule has 0 unspecified atom stereocenters. The minimum Gasteiger partial charge on any atom is -0.339 e. The van der Waals surface area contributed by atoms with Crippen LogP contribution in [0.25, 0.3) is 11.1 Å². The summed E-state index contributed by atoms with van der Waals surface area (Å²) in [7, 11) is 0. The van der Waals surface area contributed by atoms with Crippen LogP contribution in [0, 0.1) is 0 Å². The summed E-state index contributed by atoms with van der Waals surface area (Å²) in [6.07, 6.45) is 4.77. The first kappa shape index (κ1) is 24.4. The summed E-state index contributed by atoms with van der Waals surface area (Å²) in [6, 6.07) is 13.4. The molecule has 1 saturated heterocycles. The highest BCUT2D eigenvalue weighted by molar-refractivity contribution is 5.98. The number of benzene rings is 2. The van der Waals surface area contributed by atoms with Crippen LogP contribution >= 0.6 is 0 Å². The Labute approximate surface area is 193 Å². The van der Waals surface area contributed by atoms with Crippen LogP contribution in [0.2, 0.25) is 0 Å². The molecule has 0 bridgehead atoms. The zero-order valence-corrected chi connectivity index (χ0v) is 18.5. The van der Waals surface area contributed by atoms with Gasteiger partial charge in [0, 0.05) is 17.8 Å². The van der Waals surface area contributed by atoms with E-state index in [1.807, 2.05) is 24.3 Å². The van der Waals surface area contributed by atoms with E-state index in [1.165, 1.54) is 18.3 Å². The number of rotatable bonds is 8. The van der Waals surface area contributed by atoms with Crippen molar-refractivity contribution in [2.75, 3.05) is 31.5 Å². The van der Waals surface area contributed by atoms with Crippen molar-refractivity contribution in [3.8, 4) is 11.1 Å². The lowest BCUT2D eigenvalue weighted by Crippen LogP contribution is -2.50. The second-order valence-electron chi connectivity index (χ2n) is 8.13. The van der Waals surface area contributed by atoms with Gasteiger partial charge in [-0.05, 0) is 61.3 Å². The lowest BCUT2D eigenvalue weighted by Gasteiger charge is -2.19. The molecule has 9 nitrogen and oxygen atoms in total. The molecule has 1 aliphatic heterocycles. The summed E-state index contributed by atoms with van der Waals surface area (Å²) in [5, 5.41) is 14.1. The van der Waals surface area contributed by atoms with Crippen molar-refractivity contribution < 1.29 is 19.6 Å². The Hall–Kier alpha value is -3.27. The van der Waals surface area contributed by atoms with Gasteiger partial charge in [-0.2, -0.15) is 0 Å². The molecule has 3 amide bonds. The van der Waals surface area contributed by atoms with Crippen LogP contribution in [-0.4, -0.2) is 60.0 Å². The van der Waals surface area contributed by atoms with E-state index in [1.54, 1.807) is 24.3 Å². The molecule has 0 spiro atoms. The Morgan fingerprint density at radius 2 is 1.48 bits per heavy atom. The number of likely N-dealkylation sites (tertiary alicyclic amines) is 1. The van der Waals surface area contributed by atoms with Crippen LogP contribution in [0.5, 0.6) is 0 Å². The topological polar surface area (TPSA) is 137 Å². The molecular weight excluding hydrogens is 422 g/mol. The molecule has 0 aromatic heterocycles. The number of nitrogens with zero attached hydrogens (tertiary/aromatic N) is 1. The van der Waals surface area contributed by atoms with Crippen molar-refractivity contribution in [3.63, 3.8) is 0 Å². The average molecular weight is 454 g/mol. The van der Waals surface area contributed by atoms with Gasteiger partial charge in [-0.3, -0.25) is 24.5 Å². The van der Waals surface area contributed by atoms with E-state index in [0.29, 0.717) is 12.1 Å². The molecule has 0 aliphatic carbocycles. The Kier molecular flexibility index (Phi) is 8.94. The third-order valence-electron chi connectivity index (χ3n) is 5.68. The van der Waals surface area contributed by atoms with E-state index in [-0.39, 0.29) is 12.5 Å². The lowest BCUT2D eigenvalue weighted by atomic mass is 10.0. The summed E-state index contributed by atoms with van der Waals surface area (Å²) in [5.74, 6) is -1.25. The second-order valence-corrected chi connectivity index (χ2v) is 8.13. The number of hydrogen-bond donors (Lipinski definition) is 5. The van der Waals surface area contributed by atoms with Gasteiger partial charge in [-0.1, -0.05) is 37.1 Å². The van der Waals surface area contributed by atoms with E-state index in [9.17, 15) is 14.4 Å². The maximum Gasteiger partial charge on any atom is 0.267 e. The summed E-state index contributed by atoms with van der Waals surface area (Å²) >= 11 is 0. The number of nitrogens with two attached hydrogens (primary N) is 1. The maximum absolute atomic E-state index is 12.4. The highest BCUT2D eigenvalue weighted by Gasteiger charge is 2.19. The van der Waals surface area contributed by atoms with E-state index in [2.05, 4.69) is 15.5 Å². The zero-order valence-electron chi connectivity index (χ0n) is 18.5. The highest BCUT2D eigenvalue weighted by atomic mass is 16.5. The molecule has 2 aromatic carbocycles. The molecule has 6 N–H and O–H groups in total. The smallest absolute Gasteiger partial charge is 0.267 e. The van der Waals surface area contributed by atoms with Gasteiger partial charge in [0.15, 0.2) is 0 Å². The molecule has 0 saturated carbocycles. The van der Waals surface area contributed by atoms with Crippen molar-refractivity contribution in [3.05, 3.63) is 54.1 Å². The maximum atomic E-state index is 12.4. The van der Waals surface area contributed by atoms with Gasteiger partial charge < -0.3 is 16.4 Å². The Morgan fingerprint density at radius 1 is 0.909 bits per heavy atom. The fraction of sp³-hybridized carbons (Fsp3) is 0.375. The molecular formula is C24H31N5O4. The van der Waals surface area contributed by atoms with Gasteiger partial charge in [-0.15, -0.1) is 0 Å². The number of hydroxylamine groups is 1. The summed E-state index contributed by atoms with van der Waals surface area (Å²) in [5.41, 5.74) is 9.88. The van der Waals surface area contributed by atoms with Crippen molar-refractivity contribution in [2.45, 2.75) is 31.7 Å². The Balaban J connectivity index is 1.56. The van der Waals surface area contributed by atoms with Crippen molar-refractivity contribution in [2.24, 2.45) is 5.73 Å². The summed E-state index contributed by atoms with van der Waals surface area (Å²) in [6.45, 7) is 2.22. The van der Waals surface area contributed by atoms with Gasteiger partial charge in [0.1, 0.15) is 6.04 Å². The zero-order chi connectivity index (χ0) is 23.6. The molecule has 1 fully saturated rings. The quantitative estimate of drug-likeness (QED) is 0.305. The fourth-order valence-corrected chi connectivity index (χ4v) is 3.81. The number of carbonyl (C=O) groups excluding carboxylic acids is 3. The SMILES string of the molecule is NC[C@H](NC(=O)c1ccc(-c2ccc(NC(=O)CN3CCCCCC3)cc2)cc1)C(=O)NO. The first-order valence-electron chi connectivity index (χ1n) is 11.2. The van der Waals surface area contributed by atoms with Crippen LogP contribution in [0.3, 0.4) is 0 Å². The highest BCUT2D eigenvalue weighted by Crippen LogP contribution is 2.22. The number of amides is 3. The number of nitrogens with one attached hydrogen (secondary N) is 3. The summed E-state index contributed by atoms with van der Waals surface area (Å²) in [4.78, 5) is 38.4. The van der Waals surface area contributed by atoms with Crippen molar-refractivity contribution >= 4 is 23.4 Å². The molecule has 1 aliphatic rings. The van der Waals surface area contributed by atoms with E-state index >= 15 is 0 Å². The first-order valence-corrected chi connectivity index (χ1v) is 11.2. The third kappa shape index (κ3) is 7.11. The van der Waals surface area contributed by atoms with Gasteiger partial charge in [0.2, 0.25) is 5.91 Å². The molecule has 3 rings (SSSR count). The standard InChI is InChI=1S/C24H31N5O4/c25-15-21(24(32)28-33)27-23(31)19-7-5-17(6-8-19)18-9-11-20(12-10-18)26-22(30)16-29-13-3-1-2-4-14-29/h5-12,21,33H,1-4,13-16,25H2,(H,26,30)(H,27,31)(H,28,32)/t21-/m0/s1. The van der Waals surface area contributed by atoms with E-state index < -0.39 is 17.9 Å². The van der Waals surface area contributed by atoms with Crippen LogP contribution in [0.4, 0.5) is 5.69 Å². The average Bonchev–Trinajstić information content (AvgIpc) is 3.11. The number of hydrogen-bond acceptors (Lipinski definition) is 6.